The van der Waals surface area contributed by atoms with Gasteiger partial charge in [0, 0.05) is 17.2 Å². The number of aromatic amines is 1. The van der Waals surface area contributed by atoms with E-state index in [0.29, 0.717) is 10.5 Å². The SMILES string of the molecule is CSCCSCC(=O)Nc1cccc(-n2[nH]nnc2=S)c1. The highest BCUT2D eigenvalue weighted by atomic mass is 32.2. The van der Waals surface area contributed by atoms with Crippen LogP contribution in [-0.2, 0) is 4.79 Å². The molecule has 1 aromatic heterocycles. The van der Waals surface area contributed by atoms with Crippen molar-refractivity contribution in [2.75, 3.05) is 28.8 Å². The number of thioether (sulfide) groups is 2. The Morgan fingerprint density at radius 2 is 2.33 bits per heavy atom. The van der Waals surface area contributed by atoms with Gasteiger partial charge >= 0.3 is 0 Å². The zero-order chi connectivity index (χ0) is 15.1. The number of nitrogens with one attached hydrogen (secondary N) is 2. The molecule has 2 aromatic rings. The predicted molar refractivity (Wildman–Crippen MR) is 90.9 cm³/mol. The lowest BCUT2D eigenvalue weighted by atomic mass is 10.3. The molecule has 0 unspecified atom stereocenters. The van der Waals surface area contributed by atoms with Crippen LogP contribution in [0.25, 0.3) is 5.69 Å². The number of nitrogens with zero attached hydrogens (tertiary/aromatic N) is 3. The molecule has 1 aromatic carbocycles. The molecule has 21 heavy (non-hydrogen) atoms. The maximum atomic E-state index is 11.8. The minimum Gasteiger partial charge on any atom is -0.325 e. The summed E-state index contributed by atoms with van der Waals surface area (Å²) in [6, 6.07) is 7.36. The summed E-state index contributed by atoms with van der Waals surface area (Å²) in [6.07, 6.45) is 2.06. The highest BCUT2D eigenvalue weighted by molar-refractivity contribution is 8.02. The van der Waals surface area contributed by atoms with Gasteiger partial charge in [-0.05, 0) is 36.7 Å². The van der Waals surface area contributed by atoms with Gasteiger partial charge < -0.3 is 5.32 Å². The number of hydrogen-bond donors (Lipinski definition) is 2. The molecule has 0 saturated carbocycles. The van der Waals surface area contributed by atoms with Crippen molar-refractivity contribution in [3.05, 3.63) is 29.0 Å². The van der Waals surface area contributed by atoms with E-state index >= 15 is 0 Å². The fourth-order valence-corrected chi connectivity index (χ4v) is 3.32. The van der Waals surface area contributed by atoms with Crippen LogP contribution < -0.4 is 5.32 Å². The first-order chi connectivity index (χ1) is 10.2. The Balaban J connectivity index is 1.97. The van der Waals surface area contributed by atoms with Gasteiger partial charge in [-0.3, -0.25) is 4.79 Å². The number of rotatable bonds is 7. The van der Waals surface area contributed by atoms with Crippen molar-refractivity contribution in [1.29, 1.82) is 0 Å². The van der Waals surface area contributed by atoms with Gasteiger partial charge in [-0.15, -0.1) is 0 Å². The molecular formula is C12H15N5OS3. The highest BCUT2D eigenvalue weighted by Gasteiger charge is 2.05. The largest absolute Gasteiger partial charge is 0.325 e. The van der Waals surface area contributed by atoms with Crippen molar-refractivity contribution in [3.8, 4) is 5.69 Å². The fraction of sp³-hybridized carbons (Fsp3) is 0.333. The Morgan fingerprint density at radius 1 is 1.48 bits per heavy atom. The Hall–Kier alpha value is -1.32. The molecule has 6 nitrogen and oxygen atoms in total. The van der Waals surface area contributed by atoms with Gasteiger partial charge in [-0.25, -0.2) is 4.68 Å². The summed E-state index contributed by atoms with van der Waals surface area (Å²) in [4.78, 5) is 11.8. The van der Waals surface area contributed by atoms with Crippen LogP contribution in [0, 0.1) is 4.77 Å². The lowest BCUT2D eigenvalue weighted by Gasteiger charge is -2.07. The first-order valence-corrected chi connectivity index (χ1v) is 9.13. The summed E-state index contributed by atoms with van der Waals surface area (Å²) in [5.41, 5.74) is 1.50. The summed E-state index contributed by atoms with van der Waals surface area (Å²) in [6.45, 7) is 0. The smallest absolute Gasteiger partial charge is 0.242 e. The van der Waals surface area contributed by atoms with Crippen LogP contribution >= 0.6 is 35.7 Å². The first-order valence-electron chi connectivity index (χ1n) is 6.18. The average Bonchev–Trinajstić information content (AvgIpc) is 2.90. The molecule has 0 atom stereocenters. The topological polar surface area (TPSA) is 75.6 Å². The van der Waals surface area contributed by atoms with Crippen molar-refractivity contribution in [2.24, 2.45) is 0 Å². The van der Waals surface area contributed by atoms with Gasteiger partial charge in [-0.2, -0.15) is 28.7 Å². The summed E-state index contributed by atoms with van der Waals surface area (Å²) in [7, 11) is 0. The molecule has 2 rings (SSSR count). The lowest BCUT2D eigenvalue weighted by molar-refractivity contribution is -0.113. The van der Waals surface area contributed by atoms with E-state index in [-0.39, 0.29) is 5.91 Å². The second-order valence-electron chi connectivity index (χ2n) is 4.06. The monoisotopic (exact) mass is 341 g/mol. The Morgan fingerprint density at radius 3 is 3.05 bits per heavy atom. The number of tetrazole rings is 1. The zero-order valence-electron chi connectivity index (χ0n) is 11.4. The molecule has 0 bridgehead atoms. The molecule has 9 heteroatoms. The minimum absolute atomic E-state index is 0.00964. The van der Waals surface area contributed by atoms with E-state index in [1.165, 1.54) is 0 Å². The number of anilines is 1. The van der Waals surface area contributed by atoms with Crippen LogP contribution in [0.2, 0.25) is 0 Å². The molecule has 0 aliphatic carbocycles. The molecule has 0 aliphatic rings. The van der Waals surface area contributed by atoms with Crippen molar-refractivity contribution >= 4 is 47.3 Å². The molecular weight excluding hydrogens is 326 g/mol. The molecule has 0 aliphatic heterocycles. The van der Waals surface area contributed by atoms with Gasteiger partial charge in [0.25, 0.3) is 0 Å². The molecule has 0 saturated heterocycles. The van der Waals surface area contributed by atoms with Crippen LogP contribution in [0.4, 0.5) is 5.69 Å². The molecule has 1 heterocycles. The van der Waals surface area contributed by atoms with E-state index < -0.39 is 0 Å². The lowest BCUT2D eigenvalue weighted by Crippen LogP contribution is -2.14. The van der Waals surface area contributed by atoms with Crippen molar-refractivity contribution in [3.63, 3.8) is 0 Å². The van der Waals surface area contributed by atoms with Crippen LogP contribution in [0.1, 0.15) is 0 Å². The third-order valence-corrected chi connectivity index (χ3v) is 4.62. The van der Waals surface area contributed by atoms with Crippen molar-refractivity contribution in [2.45, 2.75) is 0 Å². The normalized spacial score (nSPS) is 10.5. The molecule has 0 radical (unpaired) electrons. The van der Waals surface area contributed by atoms with Crippen molar-refractivity contribution in [1.82, 2.24) is 20.2 Å². The molecule has 1 amide bonds. The molecule has 112 valence electrons. The Labute approximate surface area is 136 Å². The number of aromatic nitrogens is 4. The van der Waals surface area contributed by atoms with Gasteiger partial charge in [0.1, 0.15) is 0 Å². The number of amides is 1. The number of benzene rings is 1. The summed E-state index contributed by atoms with van der Waals surface area (Å²) in [5, 5.41) is 12.9. The Kier molecular flexibility index (Phi) is 6.27. The van der Waals surface area contributed by atoms with E-state index in [0.717, 1.165) is 22.9 Å². The Bertz CT molecular complexity index is 654. The molecule has 0 fully saturated rings. The van der Waals surface area contributed by atoms with Crippen LogP contribution in [0.3, 0.4) is 0 Å². The first kappa shape index (κ1) is 16.1. The number of carbonyl (C=O) groups excluding carboxylic acids is 1. The summed E-state index contributed by atoms with van der Waals surface area (Å²) in [5.74, 6) is 2.47. The minimum atomic E-state index is -0.00964. The zero-order valence-corrected chi connectivity index (χ0v) is 13.9. The second kappa shape index (κ2) is 8.20. The van der Waals surface area contributed by atoms with Gasteiger partial charge in [-0.1, -0.05) is 16.4 Å². The van der Waals surface area contributed by atoms with Gasteiger partial charge in [0.2, 0.25) is 10.7 Å². The number of H-pyrrole nitrogens is 1. The van der Waals surface area contributed by atoms with E-state index in [2.05, 4.69) is 27.1 Å². The van der Waals surface area contributed by atoms with E-state index in [4.69, 9.17) is 12.2 Å². The maximum Gasteiger partial charge on any atom is 0.242 e. The summed E-state index contributed by atoms with van der Waals surface area (Å²) < 4.78 is 1.91. The van der Waals surface area contributed by atoms with Crippen LogP contribution in [-0.4, -0.2) is 49.6 Å². The van der Waals surface area contributed by atoms with E-state index in [1.54, 1.807) is 28.2 Å². The highest BCUT2D eigenvalue weighted by Crippen LogP contribution is 2.14. The second-order valence-corrected chi connectivity index (χ2v) is 6.52. The van der Waals surface area contributed by atoms with Crippen LogP contribution in [0.5, 0.6) is 0 Å². The number of carbonyl (C=O) groups is 1. The predicted octanol–water partition coefficient (Wildman–Crippen LogP) is 2.36. The molecule has 2 N–H and O–H groups in total. The van der Waals surface area contributed by atoms with E-state index in [1.807, 2.05) is 24.3 Å². The average molecular weight is 341 g/mol. The maximum absolute atomic E-state index is 11.8. The van der Waals surface area contributed by atoms with E-state index in [9.17, 15) is 4.79 Å². The fourth-order valence-electron chi connectivity index (χ4n) is 1.59. The van der Waals surface area contributed by atoms with Crippen LogP contribution in [0.15, 0.2) is 24.3 Å². The van der Waals surface area contributed by atoms with Crippen molar-refractivity contribution < 1.29 is 4.79 Å². The number of hydrogen-bond acceptors (Lipinski definition) is 6. The van der Waals surface area contributed by atoms with Gasteiger partial charge in [0.05, 0.1) is 11.4 Å². The standard InChI is InChI=1S/C12H15N5OS3/c1-20-5-6-21-8-11(18)13-9-3-2-4-10(7-9)17-12(19)14-15-16-17/h2-4,7H,5-6,8H2,1H3,(H,13,18)(H,14,16,19). The summed E-state index contributed by atoms with van der Waals surface area (Å²) >= 11 is 8.45. The quantitative estimate of drug-likeness (QED) is 0.595. The third kappa shape index (κ3) is 4.87. The van der Waals surface area contributed by atoms with Gasteiger partial charge in [0.15, 0.2) is 0 Å². The molecule has 0 spiro atoms. The third-order valence-electron chi connectivity index (χ3n) is 2.52.